The summed E-state index contributed by atoms with van der Waals surface area (Å²) in [5.41, 5.74) is 1.49. The summed E-state index contributed by atoms with van der Waals surface area (Å²) in [6.45, 7) is 7.20. The molecule has 19 heavy (non-hydrogen) atoms. The van der Waals surface area contributed by atoms with Crippen LogP contribution >= 0.6 is 0 Å². The SMILES string of the molecule is CC(C)CN1CCC[C@H]2C=C[C@@H](c3ccccc3)[C@H]21. The highest BCUT2D eigenvalue weighted by Gasteiger charge is 2.38. The van der Waals surface area contributed by atoms with Crippen molar-refractivity contribution in [1.82, 2.24) is 4.90 Å². The van der Waals surface area contributed by atoms with Gasteiger partial charge in [-0.15, -0.1) is 0 Å². The quantitative estimate of drug-likeness (QED) is 0.736. The lowest BCUT2D eigenvalue weighted by molar-refractivity contribution is 0.0992. The monoisotopic (exact) mass is 255 g/mol. The highest BCUT2D eigenvalue weighted by atomic mass is 15.2. The standard InChI is InChI=1S/C18H25N/c1-14(2)13-19-12-6-9-16-10-11-17(18(16)19)15-7-4-3-5-8-15/h3-5,7-8,10-11,14,16-18H,6,9,12-13H2,1-2H3/t16-,17-,18-/m0/s1. The highest BCUT2D eigenvalue weighted by Crippen LogP contribution is 2.41. The molecule has 0 N–H and O–H groups in total. The highest BCUT2D eigenvalue weighted by molar-refractivity contribution is 5.31. The molecule has 1 aromatic rings. The molecular formula is C18H25N. The van der Waals surface area contributed by atoms with Gasteiger partial charge in [0.05, 0.1) is 0 Å². The van der Waals surface area contributed by atoms with E-state index in [0.717, 1.165) is 11.8 Å². The third-order valence-electron chi connectivity index (χ3n) is 4.56. The largest absolute Gasteiger partial charge is 0.299 e. The molecule has 0 unspecified atom stereocenters. The summed E-state index contributed by atoms with van der Waals surface area (Å²) < 4.78 is 0. The molecule has 0 spiro atoms. The maximum atomic E-state index is 2.75. The molecule has 1 saturated heterocycles. The number of likely N-dealkylation sites (tertiary alicyclic amines) is 1. The average Bonchev–Trinajstić information content (AvgIpc) is 2.84. The summed E-state index contributed by atoms with van der Waals surface area (Å²) in [7, 11) is 0. The summed E-state index contributed by atoms with van der Waals surface area (Å²) in [5, 5.41) is 0. The maximum absolute atomic E-state index is 2.75. The van der Waals surface area contributed by atoms with Gasteiger partial charge in [0.25, 0.3) is 0 Å². The van der Waals surface area contributed by atoms with Crippen LogP contribution in [0, 0.1) is 11.8 Å². The fourth-order valence-electron chi connectivity index (χ4n) is 3.87. The summed E-state index contributed by atoms with van der Waals surface area (Å²) >= 11 is 0. The lowest BCUT2D eigenvalue weighted by atomic mass is 9.83. The van der Waals surface area contributed by atoms with Crippen LogP contribution in [0.15, 0.2) is 42.5 Å². The van der Waals surface area contributed by atoms with Crippen molar-refractivity contribution in [2.45, 2.75) is 38.6 Å². The van der Waals surface area contributed by atoms with Crippen molar-refractivity contribution < 1.29 is 0 Å². The predicted octanol–water partition coefficient (Wildman–Crippen LogP) is 4.08. The first-order valence-electron chi connectivity index (χ1n) is 7.73. The van der Waals surface area contributed by atoms with Crippen molar-refractivity contribution in [3.05, 3.63) is 48.0 Å². The van der Waals surface area contributed by atoms with Gasteiger partial charge in [0, 0.05) is 18.5 Å². The molecule has 0 saturated carbocycles. The fraction of sp³-hybridized carbons (Fsp3) is 0.556. The number of fused-ring (bicyclic) bond motifs is 1. The third kappa shape index (κ3) is 2.62. The first kappa shape index (κ1) is 12.9. The zero-order chi connectivity index (χ0) is 13.2. The van der Waals surface area contributed by atoms with Crippen LogP contribution in [0.4, 0.5) is 0 Å². The minimum Gasteiger partial charge on any atom is -0.299 e. The number of hydrogen-bond donors (Lipinski definition) is 0. The summed E-state index contributed by atoms with van der Waals surface area (Å²) in [4.78, 5) is 2.75. The molecule has 1 heteroatoms. The Morgan fingerprint density at radius 2 is 1.95 bits per heavy atom. The van der Waals surface area contributed by atoms with Crippen molar-refractivity contribution in [2.24, 2.45) is 11.8 Å². The number of rotatable bonds is 3. The fourth-order valence-corrected chi connectivity index (χ4v) is 3.87. The Hall–Kier alpha value is -1.08. The Kier molecular flexibility index (Phi) is 3.74. The minimum absolute atomic E-state index is 0.602. The second-order valence-corrected chi connectivity index (χ2v) is 6.51. The molecule has 1 fully saturated rings. The number of nitrogens with zero attached hydrogens (tertiary/aromatic N) is 1. The molecule has 0 radical (unpaired) electrons. The predicted molar refractivity (Wildman–Crippen MR) is 81.2 cm³/mol. The Balaban J connectivity index is 1.84. The number of benzene rings is 1. The van der Waals surface area contributed by atoms with E-state index < -0.39 is 0 Å². The smallest absolute Gasteiger partial charge is 0.0261 e. The normalized spacial score (nSPS) is 30.8. The van der Waals surface area contributed by atoms with Gasteiger partial charge in [-0.1, -0.05) is 56.3 Å². The molecule has 0 bridgehead atoms. The van der Waals surface area contributed by atoms with Gasteiger partial charge >= 0.3 is 0 Å². The number of piperidine rings is 1. The van der Waals surface area contributed by atoms with Gasteiger partial charge in [0.2, 0.25) is 0 Å². The van der Waals surface area contributed by atoms with Crippen molar-refractivity contribution in [2.75, 3.05) is 13.1 Å². The zero-order valence-corrected chi connectivity index (χ0v) is 12.1. The zero-order valence-electron chi connectivity index (χ0n) is 12.1. The van der Waals surface area contributed by atoms with Crippen molar-refractivity contribution in [3.8, 4) is 0 Å². The van der Waals surface area contributed by atoms with Gasteiger partial charge in [0.15, 0.2) is 0 Å². The lowest BCUT2D eigenvalue weighted by Crippen LogP contribution is -2.47. The average molecular weight is 255 g/mol. The molecule has 0 amide bonds. The van der Waals surface area contributed by atoms with Crippen LogP contribution in [0.2, 0.25) is 0 Å². The van der Waals surface area contributed by atoms with Crippen LogP contribution in [0.1, 0.15) is 38.2 Å². The van der Waals surface area contributed by atoms with E-state index in [2.05, 4.69) is 61.2 Å². The Morgan fingerprint density at radius 1 is 1.16 bits per heavy atom. The Morgan fingerprint density at radius 3 is 2.68 bits per heavy atom. The van der Waals surface area contributed by atoms with Crippen LogP contribution in [0.3, 0.4) is 0 Å². The maximum Gasteiger partial charge on any atom is 0.0261 e. The van der Waals surface area contributed by atoms with E-state index in [1.54, 1.807) is 0 Å². The summed E-state index contributed by atoms with van der Waals surface area (Å²) in [6, 6.07) is 11.8. The van der Waals surface area contributed by atoms with E-state index in [-0.39, 0.29) is 0 Å². The van der Waals surface area contributed by atoms with Gasteiger partial charge in [-0.3, -0.25) is 4.90 Å². The summed E-state index contributed by atoms with van der Waals surface area (Å²) in [6.07, 6.45) is 7.68. The van der Waals surface area contributed by atoms with E-state index in [4.69, 9.17) is 0 Å². The molecule has 3 atom stereocenters. The topological polar surface area (TPSA) is 3.24 Å². The lowest BCUT2D eigenvalue weighted by Gasteiger charge is -2.41. The van der Waals surface area contributed by atoms with E-state index in [0.29, 0.717) is 12.0 Å². The van der Waals surface area contributed by atoms with Crippen LogP contribution in [-0.4, -0.2) is 24.0 Å². The van der Waals surface area contributed by atoms with Gasteiger partial charge in [-0.25, -0.2) is 0 Å². The second-order valence-electron chi connectivity index (χ2n) is 6.51. The van der Waals surface area contributed by atoms with E-state index in [9.17, 15) is 0 Å². The third-order valence-corrected chi connectivity index (χ3v) is 4.56. The molecule has 0 aromatic heterocycles. The molecule has 1 aliphatic carbocycles. The Labute approximate surface area is 117 Å². The first-order chi connectivity index (χ1) is 9.25. The van der Waals surface area contributed by atoms with Crippen molar-refractivity contribution in [1.29, 1.82) is 0 Å². The molecule has 1 aromatic carbocycles. The van der Waals surface area contributed by atoms with Crippen LogP contribution < -0.4 is 0 Å². The summed E-state index contributed by atoms with van der Waals surface area (Å²) in [5.74, 6) is 2.14. The van der Waals surface area contributed by atoms with Crippen molar-refractivity contribution in [3.63, 3.8) is 0 Å². The molecule has 2 aliphatic rings. The second kappa shape index (κ2) is 5.50. The van der Waals surface area contributed by atoms with E-state index >= 15 is 0 Å². The first-order valence-corrected chi connectivity index (χ1v) is 7.73. The molecule has 102 valence electrons. The number of hydrogen-bond acceptors (Lipinski definition) is 1. The molecule has 1 aliphatic heterocycles. The molecule has 1 heterocycles. The molecule has 1 nitrogen and oxygen atoms in total. The van der Waals surface area contributed by atoms with Crippen molar-refractivity contribution >= 4 is 0 Å². The van der Waals surface area contributed by atoms with Crippen LogP contribution in [-0.2, 0) is 0 Å². The van der Waals surface area contributed by atoms with Crippen LogP contribution in [0.5, 0.6) is 0 Å². The molecular weight excluding hydrogens is 230 g/mol. The van der Waals surface area contributed by atoms with Gasteiger partial charge in [-0.2, -0.15) is 0 Å². The van der Waals surface area contributed by atoms with Gasteiger partial charge < -0.3 is 0 Å². The Bertz CT molecular complexity index is 434. The van der Waals surface area contributed by atoms with Gasteiger partial charge in [0.1, 0.15) is 0 Å². The minimum atomic E-state index is 0.602. The van der Waals surface area contributed by atoms with Gasteiger partial charge in [-0.05, 0) is 36.8 Å². The van der Waals surface area contributed by atoms with E-state index in [1.807, 2.05) is 0 Å². The van der Waals surface area contributed by atoms with Crippen LogP contribution in [0.25, 0.3) is 0 Å². The molecule has 3 rings (SSSR count). The van der Waals surface area contributed by atoms with E-state index in [1.165, 1.54) is 31.5 Å².